The Labute approximate surface area is 172 Å². The maximum Gasteiger partial charge on any atom is 0.243 e. The first-order chi connectivity index (χ1) is 14.0. The Balaban J connectivity index is 1.73. The lowest BCUT2D eigenvalue weighted by molar-refractivity contribution is -0.117. The van der Waals surface area contributed by atoms with Gasteiger partial charge in [-0.2, -0.15) is 0 Å². The fraction of sp³-hybridized carbons (Fsp3) is 0.333. The zero-order valence-electron chi connectivity index (χ0n) is 17.4. The molecule has 0 bridgehead atoms. The molecule has 0 spiro atoms. The summed E-state index contributed by atoms with van der Waals surface area (Å²) in [5.41, 5.74) is 3.21. The molecule has 0 saturated carbocycles. The van der Waals surface area contributed by atoms with Gasteiger partial charge in [-0.15, -0.1) is 0 Å². The number of fused-ring (bicyclic) bond motifs is 1. The number of nitrogens with one attached hydrogen (secondary N) is 1. The van der Waals surface area contributed by atoms with Crippen LogP contribution in [0.15, 0.2) is 61.2 Å². The van der Waals surface area contributed by atoms with Crippen LogP contribution in [0.2, 0.25) is 0 Å². The van der Waals surface area contributed by atoms with Crippen LogP contribution in [0.25, 0.3) is 11.0 Å². The second kappa shape index (κ2) is 9.41. The molecule has 0 radical (unpaired) electrons. The quantitative estimate of drug-likeness (QED) is 0.413. The summed E-state index contributed by atoms with van der Waals surface area (Å²) in [6.07, 6.45) is 2.12. The van der Waals surface area contributed by atoms with Gasteiger partial charge in [0.1, 0.15) is 11.6 Å². The number of nitrogens with zero attached hydrogens (tertiary/aromatic N) is 2. The van der Waals surface area contributed by atoms with E-state index in [0.717, 1.165) is 35.6 Å². The van der Waals surface area contributed by atoms with Crippen LogP contribution in [-0.2, 0) is 11.3 Å². The Morgan fingerprint density at radius 1 is 1.17 bits per heavy atom. The highest BCUT2D eigenvalue weighted by Gasteiger charge is 2.17. The number of rotatable bonds is 9. The molecule has 3 aromatic rings. The van der Waals surface area contributed by atoms with Crippen LogP contribution in [0, 0.1) is 0 Å². The van der Waals surface area contributed by atoms with Gasteiger partial charge in [0, 0.05) is 6.54 Å². The average molecular weight is 392 g/mol. The number of aromatic nitrogens is 2. The number of amides is 1. The molecule has 5 heteroatoms. The van der Waals surface area contributed by atoms with E-state index in [1.54, 1.807) is 0 Å². The zero-order valence-corrected chi connectivity index (χ0v) is 17.4. The van der Waals surface area contributed by atoms with Gasteiger partial charge in [0.05, 0.1) is 23.7 Å². The smallest absolute Gasteiger partial charge is 0.243 e. The molecule has 2 aromatic carbocycles. The number of imidazole rings is 1. The van der Waals surface area contributed by atoms with Crippen molar-refractivity contribution in [1.82, 2.24) is 14.9 Å². The van der Waals surface area contributed by atoms with E-state index >= 15 is 0 Å². The number of hydrogen-bond donors (Lipinski definition) is 1. The van der Waals surface area contributed by atoms with Crippen LogP contribution >= 0.6 is 0 Å². The molecular formula is C24H29N3O2. The van der Waals surface area contributed by atoms with Crippen LogP contribution in [0.1, 0.15) is 50.5 Å². The first-order valence-electron chi connectivity index (χ1n) is 10.1. The third-order valence-corrected chi connectivity index (χ3v) is 4.94. The molecule has 1 heterocycles. The van der Waals surface area contributed by atoms with Gasteiger partial charge in [0.15, 0.2) is 0 Å². The van der Waals surface area contributed by atoms with Gasteiger partial charge in [-0.3, -0.25) is 4.79 Å². The summed E-state index contributed by atoms with van der Waals surface area (Å²) in [5, 5.41) is 2.91. The first kappa shape index (κ1) is 20.6. The second-order valence-electron chi connectivity index (χ2n) is 7.44. The standard InChI is InChI=1S/C24H29N3O2/c1-5-23(28)25-18(4)24-26-20-12-7-8-13-21(20)27(24)15-10-16-29-22-14-9-6-11-19(22)17(2)3/h5-9,11-14,17-18H,1,10,15-16H2,2-4H3,(H,25,28). The number of hydrogen-bond acceptors (Lipinski definition) is 3. The molecule has 1 N–H and O–H groups in total. The van der Waals surface area contributed by atoms with Gasteiger partial charge < -0.3 is 14.6 Å². The van der Waals surface area contributed by atoms with Crippen molar-refractivity contribution in [3.63, 3.8) is 0 Å². The predicted octanol–water partition coefficient (Wildman–Crippen LogP) is 4.99. The number of carbonyl (C=O) groups excluding carboxylic acids is 1. The summed E-state index contributed by atoms with van der Waals surface area (Å²) < 4.78 is 8.24. The molecule has 5 nitrogen and oxygen atoms in total. The van der Waals surface area contributed by atoms with Crippen molar-refractivity contribution < 1.29 is 9.53 Å². The van der Waals surface area contributed by atoms with Crippen molar-refractivity contribution in [3.8, 4) is 5.75 Å². The van der Waals surface area contributed by atoms with E-state index in [4.69, 9.17) is 9.72 Å². The molecule has 0 aliphatic carbocycles. The summed E-state index contributed by atoms with van der Waals surface area (Å²) >= 11 is 0. The predicted molar refractivity (Wildman–Crippen MR) is 117 cm³/mol. The lowest BCUT2D eigenvalue weighted by Gasteiger charge is -2.17. The van der Waals surface area contributed by atoms with Crippen LogP contribution in [0.3, 0.4) is 0 Å². The van der Waals surface area contributed by atoms with Crippen LogP contribution in [-0.4, -0.2) is 22.1 Å². The molecule has 1 atom stereocenters. The molecule has 0 saturated heterocycles. The fourth-order valence-electron chi connectivity index (χ4n) is 3.49. The number of para-hydroxylation sites is 3. The summed E-state index contributed by atoms with van der Waals surface area (Å²) in [4.78, 5) is 16.5. The molecule has 1 amide bonds. The van der Waals surface area contributed by atoms with E-state index in [0.29, 0.717) is 12.5 Å². The summed E-state index contributed by atoms with van der Waals surface area (Å²) in [7, 11) is 0. The number of benzene rings is 2. The van der Waals surface area contributed by atoms with Crippen LogP contribution in [0.4, 0.5) is 0 Å². The van der Waals surface area contributed by atoms with E-state index in [1.165, 1.54) is 11.6 Å². The maximum atomic E-state index is 11.7. The van der Waals surface area contributed by atoms with Gasteiger partial charge in [0.25, 0.3) is 0 Å². The molecule has 29 heavy (non-hydrogen) atoms. The van der Waals surface area contributed by atoms with Crippen molar-refractivity contribution in [2.45, 2.75) is 45.7 Å². The summed E-state index contributed by atoms with van der Waals surface area (Å²) in [5.74, 6) is 2.00. The Morgan fingerprint density at radius 2 is 1.90 bits per heavy atom. The summed E-state index contributed by atoms with van der Waals surface area (Å²) in [6.45, 7) is 11.2. The fourth-order valence-corrected chi connectivity index (χ4v) is 3.49. The molecule has 0 fully saturated rings. The van der Waals surface area contributed by atoms with E-state index in [1.807, 2.05) is 43.3 Å². The largest absolute Gasteiger partial charge is 0.493 e. The zero-order chi connectivity index (χ0) is 20.8. The summed E-state index contributed by atoms with van der Waals surface area (Å²) in [6, 6.07) is 16.0. The van der Waals surface area contributed by atoms with E-state index in [2.05, 4.69) is 42.4 Å². The van der Waals surface area contributed by atoms with Crippen molar-refractivity contribution in [1.29, 1.82) is 0 Å². The molecule has 0 aliphatic heterocycles. The third-order valence-electron chi connectivity index (χ3n) is 4.94. The first-order valence-corrected chi connectivity index (χ1v) is 10.1. The minimum Gasteiger partial charge on any atom is -0.493 e. The van der Waals surface area contributed by atoms with Crippen LogP contribution < -0.4 is 10.1 Å². The highest BCUT2D eigenvalue weighted by molar-refractivity contribution is 5.87. The lowest BCUT2D eigenvalue weighted by Crippen LogP contribution is -2.27. The third kappa shape index (κ3) is 4.86. The van der Waals surface area contributed by atoms with Crippen molar-refractivity contribution in [2.75, 3.05) is 6.61 Å². The van der Waals surface area contributed by atoms with E-state index in [9.17, 15) is 4.79 Å². The van der Waals surface area contributed by atoms with Crippen molar-refractivity contribution in [3.05, 3.63) is 72.6 Å². The van der Waals surface area contributed by atoms with Gasteiger partial charge >= 0.3 is 0 Å². The Kier molecular flexibility index (Phi) is 6.70. The Hall–Kier alpha value is -3.08. The maximum absolute atomic E-state index is 11.7. The van der Waals surface area contributed by atoms with Gasteiger partial charge in [-0.05, 0) is 49.1 Å². The van der Waals surface area contributed by atoms with Gasteiger partial charge in [-0.25, -0.2) is 4.98 Å². The second-order valence-corrected chi connectivity index (χ2v) is 7.44. The van der Waals surface area contributed by atoms with E-state index < -0.39 is 0 Å². The molecule has 152 valence electrons. The van der Waals surface area contributed by atoms with Gasteiger partial charge in [0.2, 0.25) is 5.91 Å². The lowest BCUT2D eigenvalue weighted by atomic mass is 10.0. The Morgan fingerprint density at radius 3 is 2.66 bits per heavy atom. The number of carbonyl (C=O) groups is 1. The van der Waals surface area contributed by atoms with Gasteiger partial charge in [-0.1, -0.05) is 50.8 Å². The highest BCUT2D eigenvalue weighted by atomic mass is 16.5. The molecule has 3 rings (SSSR count). The minimum atomic E-state index is -0.213. The van der Waals surface area contributed by atoms with Crippen molar-refractivity contribution in [2.24, 2.45) is 0 Å². The topological polar surface area (TPSA) is 56.2 Å². The Bertz CT molecular complexity index is 991. The normalized spacial score (nSPS) is 12.1. The number of ether oxygens (including phenoxy) is 1. The molecule has 0 aliphatic rings. The van der Waals surface area contributed by atoms with E-state index in [-0.39, 0.29) is 11.9 Å². The molecule has 1 aromatic heterocycles. The van der Waals surface area contributed by atoms with Crippen LogP contribution in [0.5, 0.6) is 5.75 Å². The minimum absolute atomic E-state index is 0.204. The molecular weight excluding hydrogens is 362 g/mol. The average Bonchev–Trinajstić information content (AvgIpc) is 3.10. The van der Waals surface area contributed by atoms with Crippen molar-refractivity contribution >= 4 is 16.9 Å². The molecule has 1 unspecified atom stereocenters. The SMILES string of the molecule is C=CC(=O)NC(C)c1nc2ccccc2n1CCCOc1ccccc1C(C)C. The monoisotopic (exact) mass is 391 g/mol. The highest BCUT2D eigenvalue weighted by Crippen LogP contribution is 2.26. The number of aryl methyl sites for hydroxylation is 1.